The molecule has 0 aliphatic heterocycles. The summed E-state index contributed by atoms with van der Waals surface area (Å²) in [4.78, 5) is 11.5. The smallest absolute Gasteiger partial charge is 0.321 e. The van der Waals surface area contributed by atoms with Crippen LogP contribution in [0.25, 0.3) is 0 Å². The van der Waals surface area contributed by atoms with Crippen molar-refractivity contribution < 1.29 is 9.90 Å². The number of rotatable bonds is 6. The van der Waals surface area contributed by atoms with E-state index in [0.29, 0.717) is 12.3 Å². The summed E-state index contributed by atoms with van der Waals surface area (Å²) < 4.78 is 0. The highest BCUT2D eigenvalue weighted by Crippen LogP contribution is 2.69. The van der Waals surface area contributed by atoms with E-state index in [1.165, 1.54) is 0 Å². The molecule has 2 N–H and O–H groups in total. The van der Waals surface area contributed by atoms with Crippen LogP contribution in [-0.2, 0) is 11.2 Å². The highest BCUT2D eigenvalue weighted by Gasteiger charge is 2.66. The van der Waals surface area contributed by atoms with Crippen molar-refractivity contribution in [1.82, 2.24) is 5.32 Å². The lowest BCUT2D eigenvalue weighted by Gasteiger charge is -2.22. The quantitative estimate of drug-likeness (QED) is 0.844. The first-order valence-corrected chi connectivity index (χ1v) is 7.70. The van der Waals surface area contributed by atoms with Crippen LogP contribution in [0, 0.1) is 16.7 Å². The SMILES string of the molecule is CC(N[C@H](Cc1ccccc1)C(=O)O)C1C(C)(C)C1(C)C. The third-order valence-electron chi connectivity index (χ3n) is 5.68. The molecule has 21 heavy (non-hydrogen) atoms. The Kier molecular flexibility index (Phi) is 4.16. The Bertz CT molecular complexity index is 493. The molecule has 1 aromatic rings. The Morgan fingerprint density at radius 2 is 1.71 bits per heavy atom. The van der Waals surface area contributed by atoms with Gasteiger partial charge in [-0.05, 0) is 35.7 Å². The van der Waals surface area contributed by atoms with E-state index in [-0.39, 0.29) is 16.9 Å². The molecule has 0 heterocycles. The van der Waals surface area contributed by atoms with Crippen molar-refractivity contribution in [1.29, 1.82) is 0 Å². The van der Waals surface area contributed by atoms with Gasteiger partial charge >= 0.3 is 5.97 Å². The first-order valence-electron chi connectivity index (χ1n) is 7.70. The van der Waals surface area contributed by atoms with Crippen LogP contribution in [0.3, 0.4) is 0 Å². The number of carboxylic acids is 1. The van der Waals surface area contributed by atoms with E-state index in [2.05, 4.69) is 39.9 Å². The van der Waals surface area contributed by atoms with Gasteiger partial charge in [0.2, 0.25) is 0 Å². The zero-order valence-electron chi connectivity index (χ0n) is 13.7. The minimum Gasteiger partial charge on any atom is -0.480 e. The fourth-order valence-electron chi connectivity index (χ4n) is 3.98. The van der Waals surface area contributed by atoms with Gasteiger partial charge < -0.3 is 10.4 Å². The third kappa shape index (κ3) is 2.98. The summed E-state index contributed by atoms with van der Waals surface area (Å²) in [6, 6.07) is 9.47. The second kappa shape index (κ2) is 5.45. The molecule has 1 fully saturated rings. The normalized spacial score (nSPS) is 22.5. The fraction of sp³-hybridized carbons (Fsp3) is 0.611. The van der Waals surface area contributed by atoms with Crippen molar-refractivity contribution in [3.63, 3.8) is 0 Å². The van der Waals surface area contributed by atoms with Gasteiger partial charge in [0.15, 0.2) is 0 Å². The molecule has 0 spiro atoms. The van der Waals surface area contributed by atoms with Gasteiger partial charge in [0, 0.05) is 6.04 Å². The highest BCUT2D eigenvalue weighted by molar-refractivity contribution is 5.74. The third-order valence-corrected chi connectivity index (χ3v) is 5.68. The Morgan fingerprint density at radius 3 is 2.14 bits per heavy atom. The van der Waals surface area contributed by atoms with Crippen LogP contribution >= 0.6 is 0 Å². The molecule has 0 radical (unpaired) electrons. The van der Waals surface area contributed by atoms with Gasteiger partial charge in [-0.25, -0.2) is 0 Å². The summed E-state index contributed by atoms with van der Waals surface area (Å²) in [6.07, 6.45) is 0.522. The molecule has 1 saturated carbocycles. The molecule has 1 aliphatic rings. The first kappa shape index (κ1) is 16.0. The summed E-state index contributed by atoms with van der Waals surface area (Å²) in [5, 5.41) is 12.8. The van der Waals surface area contributed by atoms with Gasteiger partial charge in [-0.15, -0.1) is 0 Å². The van der Waals surface area contributed by atoms with Crippen molar-refractivity contribution >= 4 is 5.97 Å². The monoisotopic (exact) mass is 289 g/mol. The van der Waals surface area contributed by atoms with Crippen LogP contribution in [0.5, 0.6) is 0 Å². The van der Waals surface area contributed by atoms with Gasteiger partial charge in [-0.2, -0.15) is 0 Å². The van der Waals surface area contributed by atoms with Gasteiger partial charge in [0.05, 0.1) is 0 Å². The molecule has 1 aliphatic carbocycles. The minimum atomic E-state index is -0.776. The highest BCUT2D eigenvalue weighted by atomic mass is 16.4. The molecule has 2 atom stereocenters. The lowest BCUT2D eigenvalue weighted by molar-refractivity contribution is -0.139. The number of carbonyl (C=O) groups is 1. The zero-order valence-corrected chi connectivity index (χ0v) is 13.7. The minimum absolute atomic E-state index is 0.194. The van der Waals surface area contributed by atoms with Gasteiger partial charge in [-0.1, -0.05) is 58.0 Å². The molecule has 0 bridgehead atoms. The van der Waals surface area contributed by atoms with E-state index in [1.807, 2.05) is 30.3 Å². The molecule has 1 aromatic carbocycles. The molecular formula is C18H27NO2. The standard InChI is InChI=1S/C18H27NO2/c1-12(15-17(2,3)18(15,4)5)19-14(16(20)21)11-13-9-7-6-8-10-13/h6-10,12,14-15,19H,11H2,1-5H3,(H,20,21)/t12?,14-/m1/s1. The Morgan fingerprint density at radius 1 is 1.19 bits per heavy atom. The maximum Gasteiger partial charge on any atom is 0.321 e. The van der Waals surface area contributed by atoms with Gasteiger partial charge in [0.25, 0.3) is 0 Å². The molecule has 2 rings (SSSR count). The largest absolute Gasteiger partial charge is 0.480 e. The predicted molar refractivity (Wildman–Crippen MR) is 85.2 cm³/mol. The predicted octanol–water partition coefficient (Wildman–Crippen LogP) is 3.34. The Hall–Kier alpha value is -1.35. The topological polar surface area (TPSA) is 49.3 Å². The number of hydrogen-bond acceptors (Lipinski definition) is 2. The van der Waals surface area contributed by atoms with E-state index in [1.54, 1.807) is 0 Å². The molecule has 3 heteroatoms. The molecule has 0 aromatic heterocycles. The second-order valence-corrected chi connectivity index (χ2v) is 7.46. The summed E-state index contributed by atoms with van der Waals surface area (Å²) in [7, 11) is 0. The fourth-order valence-corrected chi connectivity index (χ4v) is 3.98. The van der Waals surface area contributed by atoms with Gasteiger partial charge in [-0.3, -0.25) is 4.79 Å². The molecular weight excluding hydrogens is 262 g/mol. The second-order valence-electron chi connectivity index (χ2n) is 7.46. The Balaban J connectivity index is 2.03. The van der Waals surface area contributed by atoms with Crippen LogP contribution in [0.15, 0.2) is 30.3 Å². The van der Waals surface area contributed by atoms with Crippen LogP contribution < -0.4 is 5.32 Å². The van der Waals surface area contributed by atoms with Gasteiger partial charge in [0.1, 0.15) is 6.04 Å². The van der Waals surface area contributed by atoms with Crippen LogP contribution in [0.2, 0.25) is 0 Å². The number of aliphatic carboxylic acids is 1. The summed E-state index contributed by atoms with van der Waals surface area (Å²) in [5.41, 5.74) is 1.57. The maximum absolute atomic E-state index is 11.5. The average Bonchev–Trinajstić information content (AvgIpc) is 2.80. The van der Waals surface area contributed by atoms with E-state index >= 15 is 0 Å². The number of carboxylic acid groups (broad SMARTS) is 1. The zero-order chi connectivity index (χ0) is 15.8. The first-order chi connectivity index (χ1) is 9.68. The number of hydrogen-bond donors (Lipinski definition) is 2. The lowest BCUT2D eigenvalue weighted by atomic mass is 10.0. The molecule has 0 amide bonds. The van der Waals surface area contributed by atoms with Crippen molar-refractivity contribution in [3.05, 3.63) is 35.9 Å². The van der Waals surface area contributed by atoms with Crippen molar-refractivity contribution in [2.24, 2.45) is 16.7 Å². The van der Waals surface area contributed by atoms with E-state index in [0.717, 1.165) is 5.56 Å². The number of benzene rings is 1. The molecule has 3 nitrogen and oxygen atoms in total. The van der Waals surface area contributed by atoms with Crippen molar-refractivity contribution in [3.8, 4) is 0 Å². The average molecular weight is 289 g/mol. The maximum atomic E-state index is 11.5. The Labute approximate surface area is 127 Å². The van der Waals surface area contributed by atoms with Crippen LogP contribution in [0.4, 0.5) is 0 Å². The van der Waals surface area contributed by atoms with Crippen LogP contribution in [0.1, 0.15) is 40.2 Å². The van der Waals surface area contributed by atoms with Crippen LogP contribution in [-0.4, -0.2) is 23.2 Å². The number of nitrogens with one attached hydrogen (secondary N) is 1. The molecule has 1 unspecified atom stereocenters. The van der Waals surface area contributed by atoms with E-state index in [4.69, 9.17) is 0 Å². The summed E-state index contributed by atoms with van der Waals surface area (Å²) >= 11 is 0. The lowest BCUT2D eigenvalue weighted by Crippen LogP contribution is -2.45. The summed E-state index contributed by atoms with van der Waals surface area (Å²) in [6.45, 7) is 11.2. The van der Waals surface area contributed by atoms with Crippen molar-refractivity contribution in [2.45, 2.75) is 53.1 Å². The molecule has 116 valence electrons. The van der Waals surface area contributed by atoms with E-state index in [9.17, 15) is 9.90 Å². The summed E-state index contributed by atoms with van der Waals surface area (Å²) in [5.74, 6) is -0.274. The van der Waals surface area contributed by atoms with Crippen molar-refractivity contribution in [2.75, 3.05) is 0 Å². The molecule has 0 saturated heterocycles. The van der Waals surface area contributed by atoms with E-state index < -0.39 is 12.0 Å².